The Balaban J connectivity index is 1.98. The zero-order valence-electron chi connectivity index (χ0n) is 7.36. The van der Waals surface area contributed by atoms with E-state index in [0.717, 1.165) is 0 Å². The van der Waals surface area contributed by atoms with E-state index in [1.807, 2.05) is 0 Å². The lowest BCUT2D eigenvalue weighted by molar-refractivity contribution is -0.0406. The predicted molar refractivity (Wildman–Crippen MR) is 54.0 cm³/mol. The topological polar surface area (TPSA) is 35.5 Å². The first-order valence-corrected chi connectivity index (χ1v) is 5.52. The van der Waals surface area contributed by atoms with Gasteiger partial charge in [-0.3, -0.25) is 4.79 Å². The molecule has 2 rings (SSSR count). The van der Waals surface area contributed by atoms with Crippen molar-refractivity contribution in [1.29, 1.82) is 0 Å². The second-order valence-corrected chi connectivity index (χ2v) is 4.22. The molecule has 14 heavy (non-hydrogen) atoms. The summed E-state index contributed by atoms with van der Waals surface area (Å²) in [6.07, 6.45) is -0.138. The lowest BCUT2D eigenvalue weighted by Gasteiger charge is -2.06. The van der Waals surface area contributed by atoms with Gasteiger partial charge in [0.05, 0.1) is 29.5 Å². The zero-order valence-corrected chi connectivity index (χ0v) is 8.94. The molecule has 0 spiro atoms. The first-order chi connectivity index (χ1) is 6.77. The van der Waals surface area contributed by atoms with Gasteiger partial charge in [-0.15, -0.1) is 11.3 Å². The summed E-state index contributed by atoms with van der Waals surface area (Å²) in [7, 11) is 0. The Morgan fingerprint density at radius 1 is 1.57 bits per heavy atom. The second-order valence-electron chi connectivity index (χ2n) is 2.90. The van der Waals surface area contributed by atoms with Gasteiger partial charge in [0.1, 0.15) is 0 Å². The summed E-state index contributed by atoms with van der Waals surface area (Å²) in [5.41, 5.74) is 0. The molecule has 1 aromatic heterocycles. The van der Waals surface area contributed by atoms with Crippen molar-refractivity contribution in [3.05, 3.63) is 21.3 Å². The average molecular weight is 233 g/mol. The summed E-state index contributed by atoms with van der Waals surface area (Å²) in [4.78, 5) is 12.2. The summed E-state index contributed by atoms with van der Waals surface area (Å²) < 4.78 is 10.4. The van der Waals surface area contributed by atoms with Crippen molar-refractivity contribution in [2.24, 2.45) is 0 Å². The van der Waals surface area contributed by atoms with Crippen molar-refractivity contribution in [2.45, 2.75) is 12.7 Å². The first kappa shape index (κ1) is 10.1. The van der Waals surface area contributed by atoms with Crippen molar-refractivity contribution < 1.29 is 14.3 Å². The van der Waals surface area contributed by atoms with Crippen LogP contribution in [-0.4, -0.2) is 25.3 Å². The van der Waals surface area contributed by atoms with Crippen LogP contribution in [0.5, 0.6) is 0 Å². The molecule has 0 saturated carbocycles. The van der Waals surface area contributed by atoms with E-state index in [4.69, 9.17) is 21.1 Å². The van der Waals surface area contributed by atoms with E-state index < -0.39 is 0 Å². The molecule has 1 saturated heterocycles. The van der Waals surface area contributed by atoms with Crippen LogP contribution < -0.4 is 0 Å². The Bertz CT molecular complexity index is 331. The van der Waals surface area contributed by atoms with Crippen LogP contribution in [0.3, 0.4) is 0 Å². The molecular weight excluding hydrogens is 224 g/mol. The Labute approximate surface area is 90.6 Å². The van der Waals surface area contributed by atoms with E-state index in [-0.39, 0.29) is 18.5 Å². The number of carbonyl (C=O) groups excluding carboxylic acids is 1. The number of Topliss-reactive ketones (excluding diaryl/α,β-unsaturated/α-hetero) is 1. The third-order valence-corrected chi connectivity index (χ3v) is 3.30. The quantitative estimate of drug-likeness (QED) is 0.751. The van der Waals surface area contributed by atoms with Crippen molar-refractivity contribution >= 4 is 28.7 Å². The second kappa shape index (κ2) is 4.40. The van der Waals surface area contributed by atoms with Gasteiger partial charge in [-0.2, -0.15) is 0 Å². The van der Waals surface area contributed by atoms with Gasteiger partial charge in [0.15, 0.2) is 12.1 Å². The Kier molecular flexibility index (Phi) is 3.18. The van der Waals surface area contributed by atoms with E-state index in [2.05, 4.69) is 0 Å². The minimum Gasteiger partial charge on any atom is -0.350 e. The lowest BCUT2D eigenvalue weighted by Crippen LogP contribution is -2.13. The molecule has 0 bridgehead atoms. The van der Waals surface area contributed by atoms with Crippen molar-refractivity contribution in [1.82, 2.24) is 0 Å². The van der Waals surface area contributed by atoms with Gasteiger partial charge in [-0.1, -0.05) is 11.6 Å². The maximum Gasteiger partial charge on any atom is 0.179 e. The zero-order chi connectivity index (χ0) is 9.97. The molecule has 0 aliphatic carbocycles. The van der Waals surface area contributed by atoms with Gasteiger partial charge in [0, 0.05) is 0 Å². The number of ketones is 1. The Hall–Kier alpha value is -0.420. The van der Waals surface area contributed by atoms with Crippen LogP contribution in [-0.2, 0) is 9.47 Å². The molecule has 0 aromatic carbocycles. The Morgan fingerprint density at radius 3 is 2.86 bits per heavy atom. The monoisotopic (exact) mass is 232 g/mol. The molecular formula is C9H9ClO3S. The van der Waals surface area contributed by atoms with Crippen LogP contribution in [0.4, 0.5) is 0 Å². The highest BCUT2D eigenvalue weighted by Crippen LogP contribution is 2.24. The summed E-state index contributed by atoms with van der Waals surface area (Å²) in [6, 6.07) is 1.72. The number of halogens is 1. The number of hydrogen-bond donors (Lipinski definition) is 0. The summed E-state index contributed by atoms with van der Waals surface area (Å²) in [5, 5.41) is 2.31. The van der Waals surface area contributed by atoms with E-state index in [1.54, 1.807) is 11.4 Å². The maximum atomic E-state index is 11.6. The molecule has 2 heterocycles. The van der Waals surface area contributed by atoms with Crippen LogP contribution in [0.25, 0.3) is 0 Å². The fourth-order valence-corrected chi connectivity index (χ4v) is 2.37. The standard InChI is InChI=1S/C9H9ClO3S/c10-6-1-4-14-9(6)7(11)5-8-12-2-3-13-8/h1,4,8H,2-3,5H2. The summed E-state index contributed by atoms with van der Waals surface area (Å²) >= 11 is 7.18. The van der Waals surface area contributed by atoms with Gasteiger partial charge in [0.25, 0.3) is 0 Å². The number of thiophene rings is 1. The van der Waals surface area contributed by atoms with Crippen LogP contribution in [0.1, 0.15) is 16.1 Å². The molecule has 0 atom stereocenters. The van der Waals surface area contributed by atoms with Crippen LogP contribution in [0, 0.1) is 0 Å². The van der Waals surface area contributed by atoms with Gasteiger partial charge in [-0.25, -0.2) is 0 Å². The number of carbonyl (C=O) groups is 1. The van der Waals surface area contributed by atoms with Gasteiger partial charge in [-0.05, 0) is 11.4 Å². The van der Waals surface area contributed by atoms with Crippen LogP contribution in [0.2, 0.25) is 5.02 Å². The normalized spacial score (nSPS) is 17.5. The van der Waals surface area contributed by atoms with Gasteiger partial charge in [0.2, 0.25) is 0 Å². The van der Waals surface area contributed by atoms with Crippen LogP contribution >= 0.6 is 22.9 Å². The van der Waals surface area contributed by atoms with E-state index in [1.165, 1.54) is 11.3 Å². The van der Waals surface area contributed by atoms with Crippen molar-refractivity contribution in [2.75, 3.05) is 13.2 Å². The van der Waals surface area contributed by atoms with Crippen LogP contribution in [0.15, 0.2) is 11.4 Å². The molecule has 0 amide bonds. The van der Waals surface area contributed by atoms with Gasteiger partial charge < -0.3 is 9.47 Å². The fourth-order valence-electron chi connectivity index (χ4n) is 1.26. The van der Waals surface area contributed by atoms with Gasteiger partial charge >= 0.3 is 0 Å². The molecule has 1 aliphatic heterocycles. The summed E-state index contributed by atoms with van der Waals surface area (Å²) in [5.74, 6) is -0.0168. The lowest BCUT2D eigenvalue weighted by atomic mass is 10.2. The molecule has 1 aliphatic rings. The highest BCUT2D eigenvalue weighted by atomic mass is 35.5. The van der Waals surface area contributed by atoms with Crippen molar-refractivity contribution in [3.8, 4) is 0 Å². The average Bonchev–Trinajstić information content (AvgIpc) is 2.75. The third kappa shape index (κ3) is 2.15. The minimum absolute atomic E-state index is 0.0168. The van der Waals surface area contributed by atoms with E-state index >= 15 is 0 Å². The molecule has 0 N–H and O–H groups in total. The number of hydrogen-bond acceptors (Lipinski definition) is 4. The molecule has 5 heteroatoms. The molecule has 76 valence electrons. The van der Waals surface area contributed by atoms with E-state index in [0.29, 0.717) is 23.1 Å². The highest BCUT2D eigenvalue weighted by Gasteiger charge is 2.22. The minimum atomic E-state index is -0.388. The largest absolute Gasteiger partial charge is 0.350 e. The third-order valence-electron chi connectivity index (χ3n) is 1.91. The SMILES string of the molecule is O=C(CC1OCCO1)c1sccc1Cl. The molecule has 0 unspecified atom stereocenters. The molecule has 1 fully saturated rings. The predicted octanol–water partition coefficient (Wildman–Crippen LogP) is 2.35. The number of ether oxygens (including phenoxy) is 2. The Morgan fingerprint density at radius 2 is 2.29 bits per heavy atom. The molecule has 1 aromatic rings. The summed E-state index contributed by atoms with van der Waals surface area (Å²) in [6.45, 7) is 1.13. The smallest absolute Gasteiger partial charge is 0.179 e. The van der Waals surface area contributed by atoms with Crippen molar-refractivity contribution in [3.63, 3.8) is 0 Å². The van der Waals surface area contributed by atoms with E-state index in [9.17, 15) is 4.79 Å². The molecule has 0 radical (unpaired) electrons. The number of rotatable bonds is 3. The maximum absolute atomic E-state index is 11.6. The highest BCUT2D eigenvalue weighted by molar-refractivity contribution is 7.12. The molecule has 3 nitrogen and oxygen atoms in total. The first-order valence-electron chi connectivity index (χ1n) is 4.27. The fraction of sp³-hybridized carbons (Fsp3) is 0.444.